The van der Waals surface area contributed by atoms with Gasteiger partial charge in [-0.2, -0.15) is 4.98 Å². The van der Waals surface area contributed by atoms with E-state index >= 15 is 0 Å². The number of aryl methyl sites for hydroxylation is 1. The first-order valence-electron chi connectivity index (χ1n) is 6.01. The average molecular weight is 288 g/mol. The molecule has 0 unspecified atom stereocenters. The second-order valence-corrected chi connectivity index (χ2v) is 5.30. The quantitative estimate of drug-likeness (QED) is 0.801. The number of hydrogen-bond acceptors (Lipinski definition) is 4. The molecule has 0 saturated heterocycles. The van der Waals surface area contributed by atoms with Crippen LogP contribution in [0.3, 0.4) is 0 Å². The average Bonchev–Trinajstić information content (AvgIpc) is 2.94. The van der Waals surface area contributed by atoms with Gasteiger partial charge >= 0.3 is 5.97 Å². The molecule has 0 radical (unpaired) electrons. The highest BCUT2D eigenvalue weighted by atomic mass is 32.1. The molecular formula is C14H12N2O3S. The Bertz CT molecular complexity index is 804. The highest BCUT2D eigenvalue weighted by Crippen LogP contribution is 2.30. The van der Waals surface area contributed by atoms with E-state index in [9.17, 15) is 9.90 Å². The van der Waals surface area contributed by atoms with Crippen LogP contribution in [0.2, 0.25) is 0 Å². The summed E-state index contributed by atoms with van der Waals surface area (Å²) in [5, 5.41) is 11.1. The maximum atomic E-state index is 11.4. The van der Waals surface area contributed by atoms with Crippen molar-refractivity contribution in [3.8, 4) is 11.6 Å². The summed E-state index contributed by atoms with van der Waals surface area (Å²) in [4.78, 5) is 16.2. The summed E-state index contributed by atoms with van der Waals surface area (Å²) in [5.74, 6) is -0.312. The second-order valence-electron chi connectivity index (χ2n) is 4.43. The number of imidazole rings is 1. The molecule has 3 aromatic rings. The summed E-state index contributed by atoms with van der Waals surface area (Å²) in [6.45, 7) is 3.91. The van der Waals surface area contributed by atoms with Crippen molar-refractivity contribution in [1.29, 1.82) is 0 Å². The number of carboxylic acids is 1. The summed E-state index contributed by atoms with van der Waals surface area (Å²) in [7, 11) is 0. The number of aromatic carboxylic acids is 1. The van der Waals surface area contributed by atoms with Crippen LogP contribution in [0, 0.1) is 13.8 Å². The largest absolute Gasteiger partial charge is 0.476 e. The van der Waals surface area contributed by atoms with Crippen molar-refractivity contribution in [2.45, 2.75) is 13.8 Å². The molecule has 2 aromatic heterocycles. The van der Waals surface area contributed by atoms with Crippen molar-refractivity contribution >= 4 is 22.3 Å². The molecule has 102 valence electrons. The molecule has 0 bridgehead atoms. The molecule has 20 heavy (non-hydrogen) atoms. The zero-order valence-electron chi connectivity index (χ0n) is 11.0. The summed E-state index contributed by atoms with van der Waals surface area (Å²) < 4.78 is 7.24. The van der Waals surface area contributed by atoms with E-state index in [-0.39, 0.29) is 11.6 Å². The Balaban J connectivity index is 2.10. The zero-order chi connectivity index (χ0) is 14.3. The lowest BCUT2D eigenvalue weighted by Gasteiger charge is -2.08. The van der Waals surface area contributed by atoms with E-state index in [2.05, 4.69) is 4.98 Å². The molecule has 0 saturated carbocycles. The number of aromatic nitrogens is 2. The van der Waals surface area contributed by atoms with Crippen LogP contribution in [0.15, 0.2) is 29.8 Å². The van der Waals surface area contributed by atoms with E-state index in [0.29, 0.717) is 10.7 Å². The number of hydrogen-bond donors (Lipinski definition) is 1. The number of carboxylic acid groups (broad SMARTS) is 1. The molecule has 0 aliphatic heterocycles. The molecule has 2 heterocycles. The molecule has 5 nitrogen and oxygen atoms in total. The third-order valence-corrected chi connectivity index (χ3v) is 3.95. The first kappa shape index (κ1) is 12.7. The number of rotatable bonds is 3. The van der Waals surface area contributed by atoms with Crippen LogP contribution >= 0.6 is 11.3 Å². The third-order valence-electron chi connectivity index (χ3n) is 3.19. The van der Waals surface area contributed by atoms with Gasteiger partial charge in [0.25, 0.3) is 5.88 Å². The van der Waals surface area contributed by atoms with Gasteiger partial charge in [0.15, 0.2) is 10.7 Å². The molecule has 1 N–H and O–H groups in total. The van der Waals surface area contributed by atoms with E-state index in [1.165, 1.54) is 15.7 Å². The fraction of sp³-hybridized carbons (Fsp3) is 0.143. The van der Waals surface area contributed by atoms with Crippen molar-refractivity contribution in [3.63, 3.8) is 0 Å². The summed E-state index contributed by atoms with van der Waals surface area (Å²) in [5.41, 5.74) is 2.10. The summed E-state index contributed by atoms with van der Waals surface area (Å²) >= 11 is 1.37. The number of fused-ring (bicyclic) bond motifs is 1. The molecule has 0 fully saturated rings. The molecule has 0 spiro atoms. The van der Waals surface area contributed by atoms with Gasteiger partial charge in [-0.25, -0.2) is 4.79 Å². The fourth-order valence-corrected chi connectivity index (χ4v) is 2.68. The molecule has 6 heteroatoms. The van der Waals surface area contributed by atoms with Gasteiger partial charge < -0.3 is 9.84 Å². The number of benzene rings is 1. The van der Waals surface area contributed by atoms with Gasteiger partial charge in [-0.1, -0.05) is 12.1 Å². The Morgan fingerprint density at radius 1 is 1.40 bits per heavy atom. The SMILES string of the molecule is Cc1cccc(Oc2nc3sccn3c2C(=O)O)c1C. The maximum absolute atomic E-state index is 11.4. The fourth-order valence-electron chi connectivity index (χ4n) is 1.97. The normalized spacial score (nSPS) is 10.9. The van der Waals surface area contributed by atoms with Crippen molar-refractivity contribution in [1.82, 2.24) is 9.38 Å². The van der Waals surface area contributed by atoms with Gasteiger partial charge in [0.05, 0.1) is 0 Å². The second kappa shape index (κ2) is 4.64. The van der Waals surface area contributed by atoms with E-state index in [1.54, 1.807) is 17.6 Å². The molecular weight excluding hydrogens is 276 g/mol. The van der Waals surface area contributed by atoms with Crippen LogP contribution in [-0.4, -0.2) is 20.5 Å². The van der Waals surface area contributed by atoms with E-state index < -0.39 is 5.97 Å². The predicted octanol–water partition coefficient (Wildman–Crippen LogP) is 3.50. The number of ether oxygens (including phenoxy) is 1. The topological polar surface area (TPSA) is 63.8 Å². The summed E-state index contributed by atoms with van der Waals surface area (Å²) in [6.07, 6.45) is 1.67. The smallest absolute Gasteiger partial charge is 0.358 e. The van der Waals surface area contributed by atoms with E-state index in [0.717, 1.165) is 11.1 Å². The Morgan fingerprint density at radius 2 is 2.20 bits per heavy atom. The van der Waals surface area contributed by atoms with Crippen LogP contribution in [0.4, 0.5) is 0 Å². The first-order chi connectivity index (χ1) is 9.58. The van der Waals surface area contributed by atoms with Crippen LogP contribution in [-0.2, 0) is 0 Å². The van der Waals surface area contributed by atoms with Crippen molar-refractivity contribution in [2.24, 2.45) is 0 Å². The minimum Gasteiger partial charge on any atom is -0.476 e. The van der Waals surface area contributed by atoms with Gasteiger partial charge in [-0.15, -0.1) is 11.3 Å². The molecule has 1 aromatic carbocycles. The minimum absolute atomic E-state index is 0.0437. The Morgan fingerprint density at radius 3 is 2.95 bits per heavy atom. The van der Waals surface area contributed by atoms with Gasteiger partial charge in [-0.05, 0) is 31.0 Å². The van der Waals surface area contributed by atoms with Crippen LogP contribution < -0.4 is 4.74 Å². The molecule has 0 amide bonds. The highest BCUT2D eigenvalue weighted by molar-refractivity contribution is 7.15. The zero-order valence-corrected chi connectivity index (χ0v) is 11.8. The monoisotopic (exact) mass is 288 g/mol. The van der Waals surface area contributed by atoms with Gasteiger partial charge in [0, 0.05) is 11.6 Å². The third kappa shape index (κ3) is 1.94. The predicted molar refractivity (Wildman–Crippen MR) is 76.0 cm³/mol. The number of thiazole rings is 1. The molecule has 0 aliphatic rings. The first-order valence-corrected chi connectivity index (χ1v) is 6.89. The van der Waals surface area contributed by atoms with Crippen LogP contribution in [0.25, 0.3) is 4.96 Å². The lowest BCUT2D eigenvalue weighted by molar-refractivity contribution is 0.0686. The van der Waals surface area contributed by atoms with Crippen molar-refractivity contribution in [2.75, 3.05) is 0 Å². The lowest BCUT2D eigenvalue weighted by Crippen LogP contribution is -2.03. The van der Waals surface area contributed by atoms with Gasteiger partial charge in [0.1, 0.15) is 5.75 Å². The Hall–Kier alpha value is -2.34. The minimum atomic E-state index is -1.06. The van der Waals surface area contributed by atoms with E-state index in [4.69, 9.17) is 4.74 Å². The van der Waals surface area contributed by atoms with E-state index in [1.807, 2.05) is 26.0 Å². The van der Waals surface area contributed by atoms with Crippen molar-refractivity contribution < 1.29 is 14.6 Å². The van der Waals surface area contributed by atoms with Gasteiger partial charge in [0.2, 0.25) is 0 Å². The lowest BCUT2D eigenvalue weighted by atomic mass is 10.1. The Labute approximate surface area is 119 Å². The molecule has 0 aliphatic carbocycles. The standard InChI is InChI=1S/C14H12N2O3S/c1-8-4-3-5-10(9(8)2)19-12-11(13(17)18)16-6-7-20-14(16)15-12/h3-7H,1-2H3,(H,17,18). The highest BCUT2D eigenvalue weighted by Gasteiger charge is 2.21. The molecule has 3 rings (SSSR count). The molecule has 0 atom stereocenters. The van der Waals surface area contributed by atoms with Crippen LogP contribution in [0.1, 0.15) is 21.6 Å². The Kier molecular flexibility index (Phi) is 2.94. The number of nitrogens with zero attached hydrogens (tertiary/aromatic N) is 2. The summed E-state index contributed by atoms with van der Waals surface area (Å²) in [6, 6.07) is 5.66. The van der Waals surface area contributed by atoms with Gasteiger partial charge in [-0.3, -0.25) is 4.40 Å². The maximum Gasteiger partial charge on any atom is 0.358 e. The number of carbonyl (C=O) groups is 1. The van der Waals surface area contributed by atoms with Crippen molar-refractivity contribution in [3.05, 3.63) is 46.6 Å². The van der Waals surface area contributed by atoms with Crippen LogP contribution in [0.5, 0.6) is 11.6 Å².